The van der Waals surface area contributed by atoms with Gasteiger partial charge in [0.25, 0.3) is 0 Å². The van der Waals surface area contributed by atoms with Gasteiger partial charge in [-0.05, 0) is 29.6 Å². The average Bonchev–Trinajstić information content (AvgIpc) is 2.20. The first kappa shape index (κ1) is 17.3. The minimum Gasteiger partial charge on any atom is -0.328 e. The van der Waals surface area contributed by atoms with E-state index < -0.39 is 10.7 Å². The normalized spacial score (nSPS) is 15.9. The Kier molecular flexibility index (Phi) is 8.60. The molecule has 1 atom stereocenters. The second kappa shape index (κ2) is 8.44. The molecule has 0 aliphatic carbocycles. The Labute approximate surface area is 111 Å². The van der Waals surface area contributed by atoms with Gasteiger partial charge in [0, 0.05) is 0 Å². The van der Waals surface area contributed by atoms with E-state index in [1.807, 2.05) is 0 Å². The van der Waals surface area contributed by atoms with Crippen LogP contribution in [0.2, 0.25) is 0 Å². The van der Waals surface area contributed by atoms with Crippen molar-refractivity contribution in [3.05, 3.63) is 0 Å². The van der Waals surface area contributed by atoms with Crippen molar-refractivity contribution in [1.29, 1.82) is 0 Å². The predicted octanol–water partition coefficient (Wildman–Crippen LogP) is 5.45. The van der Waals surface area contributed by atoms with Crippen LogP contribution >= 0.6 is 23.2 Å². The van der Waals surface area contributed by atoms with Gasteiger partial charge >= 0.3 is 10.7 Å². The zero-order valence-electron chi connectivity index (χ0n) is 9.95. The lowest BCUT2D eigenvalue weighted by Crippen LogP contribution is -2.37. The van der Waals surface area contributed by atoms with Gasteiger partial charge in [0.2, 0.25) is 0 Å². The van der Waals surface area contributed by atoms with Gasteiger partial charge in [-0.3, -0.25) is 0 Å². The Hall–Kier alpha value is 0.330. The molecule has 1 unspecified atom stereocenters. The number of hydrogen-bond donors (Lipinski definition) is 0. The highest BCUT2D eigenvalue weighted by atomic mass is 35.5. The summed E-state index contributed by atoms with van der Waals surface area (Å²) in [5.41, 5.74) is 0. The maximum Gasteiger partial charge on any atom is 0.394 e. The summed E-state index contributed by atoms with van der Waals surface area (Å²) in [5.74, 6) is 0. The molecule has 0 fully saturated rings. The molecule has 0 saturated heterocycles. The highest BCUT2D eigenvalue weighted by molar-refractivity contribution is 6.31. The van der Waals surface area contributed by atoms with Crippen LogP contribution in [-0.2, 0) is 4.74 Å². The second-order valence-corrected chi connectivity index (χ2v) is 4.95. The second-order valence-electron chi connectivity index (χ2n) is 3.98. The zero-order chi connectivity index (χ0) is 13.4. The quantitative estimate of drug-likeness (QED) is 0.385. The molecular formula is C11H19Cl2F3O. The molecule has 0 spiro atoms. The van der Waals surface area contributed by atoms with E-state index in [1.54, 1.807) is 0 Å². The van der Waals surface area contributed by atoms with Crippen LogP contribution in [0.3, 0.4) is 0 Å². The first-order valence-corrected chi connectivity index (χ1v) is 6.65. The largest absolute Gasteiger partial charge is 0.394 e. The van der Waals surface area contributed by atoms with E-state index in [-0.39, 0.29) is 6.61 Å². The lowest BCUT2D eigenvalue weighted by atomic mass is 10.1. The van der Waals surface area contributed by atoms with Gasteiger partial charge in [0.05, 0.1) is 6.61 Å². The number of alkyl halides is 5. The van der Waals surface area contributed by atoms with Crippen molar-refractivity contribution in [2.75, 3.05) is 6.61 Å². The molecule has 17 heavy (non-hydrogen) atoms. The molecule has 0 heterocycles. The molecule has 0 amide bonds. The summed E-state index contributed by atoms with van der Waals surface area (Å²) in [4.78, 5) is 0. The molecule has 0 aromatic carbocycles. The lowest BCUT2D eigenvalue weighted by Gasteiger charge is -2.22. The molecule has 0 aliphatic rings. The van der Waals surface area contributed by atoms with Crippen LogP contribution in [-0.4, -0.2) is 17.3 Å². The Morgan fingerprint density at radius 2 is 1.35 bits per heavy atom. The van der Waals surface area contributed by atoms with Crippen molar-refractivity contribution in [2.24, 2.45) is 0 Å². The van der Waals surface area contributed by atoms with Crippen LogP contribution in [0.25, 0.3) is 0 Å². The fourth-order valence-electron chi connectivity index (χ4n) is 1.34. The summed E-state index contributed by atoms with van der Waals surface area (Å²) in [7, 11) is 0. The van der Waals surface area contributed by atoms with Crippen LogP contribution in [0.1, 0.15) is 51.9 Å². The van der Waals surface area contributed by atoms with Crippen molar-refractivity contribution in [2.45, 2.75) is 62.6 Å². The fourth-order valence-corrected chi connectivity index (χ4v) is 1.47. The van der Waals surface area contributed by atoms with Crippen molar-refractivity contribution >= 4 is 23.2 Å². The van der Waals surface area contributed by atoms with Gasteiger partial charge in [-0.15, -0.1) is 0 Å². The molecular weight excluding hydrogens is 276 g/mol. The van der Waals surface area contributed by atoms with Gasteiger partial charge in [0.1, 0.15) is 0 Å². The van der Waals surface area contributed by atoms with E-state index in [2.05, 4.69) is 23.3 Å². The van der Waals surface area contributed by atoms with Crippen LogP contribution in [0.5, 0.6) is 0 Å². The molecule has 0 bridgehead atoms. The van der Waals surface area contributed by atoms with E-state index in [0.29, 0.717) is 6.42 Å². The van der Waals surface area contributed by atoms with Crippen LogP contribution in [0, 0.1) is 0 Å². The Balaban J connectivity index is 3.46. The topological polar surface area (TPSA) is 9.23 Å². The van der Waals surface area contributed by atoms with Crippen molar-refractivity contribution in [3.63, 3.8) is 0 Å². The zero-order valence-corrected chi connectivity index (χ0v) is 11.5. The van der Waals surface area contributed by atoms with Crippen molar-refractivity contribution in [1.82, 2.24) is 0 Å². The molecule has 0 rings (SSSR count). The minimum atomic E-state index is -4.21. The van der Waals surface area contributed by atoms with Gasteiger partial charge in [-0.25, -0.2) is 0 Å². The third-order valence-electron chi connectivity index (χ3n) is 2.36. The van der Waals surface area contributed by atoms with Crippen LogP contribution in [0.4, 0.5) is 13.2 Å². The Bertz CT molecular complexity index is 196. The van der Waals surface area contributed by atoms with E-state index >= 15 is 0 Å². The molecule has 0 aliphatic heterocycles. The highest BCUT2D eigenvalue weighted by Gasteiger charge is 2.54. The molecule has 0 saturated carbocycles. The molecule has 0 radical (unpaired) electrons. The first-order chi connectivity index (χ1) is 7.81. The summed E-state index contributed by atoms with van der Waals surface area (Å²) >= 11 is 9.28. The maximum absolute atomic E-state index is 12.9. The van der Waals surface area contributed by atoms with Crippen LogP contribution in [0.15, 0.2) is 0 Å². The van der Waals surface area contributed by atoms with E-state index in [0.717, 1.165) is 19.3 Å². The summed E-state index contributed by atoms with van der Waals surface area (Å²) in [6.07, 6.45) is 6.93. The van der Waals surface area contributed by atoms with Crippen molar-refractivity contribution < 1.29 is 17.9 Å². The molecule has 104 valence electrons. The molecule has 6 heteroatoms. The van der Waals surface area contributed by atoms with Gasteiger partial charge < -0.3 is 4.74 Å². The summed E-state index contributed by atoms with van der Waals surface area (Å²) in [6.45, 7) is 1.97. The third kappa shape index (κ3) is 8.11. The van der Waals surface area contributed by atoms with Gasteiger partial charge in [0.15, 0.2) is 0 Å². The standard InChI is InChI=1S/C11H19Cl2F3O/c1-2-3-4-5-6-7-8-9-17-11(13,16)10(12,14)15/h2-9H2,1H3. The van der Waals surface area contributed by atoms with E-state index in [4.69, 9.17) is 11.6 Å². The Morgan fingerprint density at radius 3 is 1.82 bits per heavy atom. The number of hydrogen-bond acceptors (Lipinski definition) is 1. The number of unbranched alkanes of at least 4 members (excludes halogenated alkanes) is 6. The first-order valence-electron chi connectivity index (χ1n) is 5.89. The third-order valence-corrected chi connectivity index (χ3v) is 3.05. The summed E-state index contributed by atoms with van der Waals surface area (Å²) in [6, 6.07) is 0. The molecule has 0 N–H and O–H groups in total. The SMILES string of the molecule is CCCCCCCCCOC(F)(Cl)C(F)(F)Cl. The summed E-state index contributed by atoms with van der Waals surface area (Å²) < 4.78 is 41.9. The van der Waals surface area contributed by atoms with E-state index in [1.165, 1.54) is 19.3 Å². The maximum atomic E-state index is 12.9. The molecule has 1 nitrogen and oxygen atoms in total. The Morgan fingerprint density at radius 1 is 0.882 bits per heavy atom. The smallest absolute Gasteiger partial charge is 0.328 e. The fraction of sp³-hybridized carbons (Fsp3) is 1.00. The number of rotatable bonds is 10. The van der Waals surface area contributed by atoms with Gasteiger partial charge in [-0.1, -0.05) is 45.4 Å². The lowest BCUT2D eigenvalue weighted by molar-refractivity contribution is -0.185. The molecule has 0 aromatic rings. The van der Waals surface area contributed by atoms with Crippen LogP contribution < -0.4 is 0 Å². The molecule has 0 aromatic heterocycles. The number of halogens is 5. The van der Waals surface area contributed by atoms with E-state index in [9.17, 15) is 13.2 Å². The van der Waals surface area contributed by atoms with Gasteiger partial charge in [-0.2, -0.15) is 13.2 Å². The van der Waals surface area contributed by atoms with Crippen molar-refractivity contribution in [3.8, 4) is 0 Å². The highest BCUT2D eigenvalue weighted by Crippen LogP contribution is 2.40. The number of ether oxygens (including phenoxy) is 1. The predicted molar refractivity (Wildman–Crippen MR) is 64.4 cm³/mol. The monoisotopic (exact) mass is 294 g/mol. The minimum absolute atomic E-state index is 0.157. The summed E-state index contributed by atoms with van der Waals surface area (Å²) in [5, 5.41) is -7.83. The average molecular weight is 295 g/mol.